The van der Waals surface area contributed by atoms with Crippen molar-refractivity contribution in [2.75, 3.05) is 38.8 Å². The Morgan fingerprint density at radius 1 is 1.29 bits per heavy atom. The summed E-state index contributed by atoms with van der Waals surface area (Å²) in [6, 6.07) is 0.840. The van der Waals surface area contributed by atoms with Crippen molar-refractivity contribution in [1.82, 2.24) is 13.8 Å². The van der Waals surface area contributed by atoms with Crippen LogP contribution in [0.25, 0.3) is 0 Å². The average Bonchev–Trinajstić information content (AvgIpc) is 2.33. The third-order valence-electron chi connectivity index (χ3n) is 3.93. The fraction of sp³-hybridized carbons (Fsp3) is 1.00. The van der Waals surface area contributed by atoms with Crippen LogP contribution in [0.1, 0.15) is 33.1 Å². The summed E-state index contributed by atoms with van der Waals surface area (Å²) in [7, 11) is 4.35. The Morgan fingerprint density at radius 2 is 2.06 bits per heavy atom. The summed E-state index contributed by atoms with van der Waals surface area (Å²) >= 11 is -1.18. The van der Waals surface area contributed by atoms with Gasteiger partial charge in [0.2, 0.25) is 0 Å². The van der Waals surface area contributed by atoms with E-state index in [2.05, 4.69) is 41.8 Å². The topological polar surface area (TPSA) is 18.5 Å². The summed E-state index contributed by atoms with van der Waals surface area (Å²) in [5.41, 5.74) is 0. The molecule has 0 aliphatic carbocycles. The monoisotopic (exact) mass is 297 g/mol. The van der Waals surface area contributed by atoms with Crippen LogP contribution in [-0.2, 0) is 0 Å². The molecular formula is C13H30GaN3. The molecule has 1 saturated heterocycles. The molecule has 4 heteroatoms. The van der Waals surface area contributed by atoms with Crippen LogP contribution in [0.15, 0.2) is 0 Å². The third kappa shape index (κ3) is 5.35. The molecule has 3 nitrogen and oxygen atoms in total. The number of hydrogen-bond donors (Lipinski definition) is 1. The van der Waals surface area contributed by atoms with Gasteiger partial charge in [-0.05, 0) is 0 Å². The predicted molar refractivity (Wildman–Crippen MR) is 77.7 cm³/mol. The SMILES string of the molecule is CCC1CN[CH2][Ga]([CH2]CCCN(C)C)[N]1CC. The Kier molecular flexibility index (Phi) is 7.87. The molecule has 0 saturated carbocycles. The molecule has 1 rings (SSSR count). The molecule has 0 radical (unpaired) electrons. The van der Waals surface area contributed by atoms with Gasteiger partial charge in [-0.3, -0.25) is 0 Å². The zero-order valence-electron chi connectivity index (χ0n) is 12.2. The van der Waals surface area contributed by atoms with Crippen LogP contribution in [0.4, 0.5) is 0 Å². The normalized spacial score (nSPS) is 22.4. The second-order valence-electron chi connectivity index (χ2n) is 5.50. The van der Waals surface area contributed by atoms with E-state index in [0.717, 1.165) is 6.04 Å². The molecule has 1 aliphatic rings. The first-order valence-electron chi connectivity index (χ1n) is 7.30. The number of hydrogen-bond acceptors (Lipinski definition) is 3. The van der Waals surface area contributed by atoms with Gasteiger partial charge in [-0.25, -0.2) is 0 Å². The van der Waals surface area contributed by atoms with Crippen molar-refractivity contribution >= 4 is 16.5 Å². The molecule has 0 bridgehead atoms. The Balaban J connectivity index is 2.29. The van der Waals surface area contributed by atoms with Gasteiger partial charge >= 0.3 is 113 Å². The number of rotatable bonds is 7. The molecule has 1 unspecified atom stereocenters. The maximum absolute atomic E-state index is 3.68. The summed E-state index contributed by atoms with van der Waals surface area (Å²) in [5, 5.41) is 5.06. The van der Waals surface area contributed by atoms with Gasteiger partial charge in [0, 0.05) is 0 Å². The molecule has 1 fully saturated rings. The molecule has 100 valence electrons. The van der Waals surface area contributed by atoms with E-state index in [1.54, 1.807) is 0 Å². The van der Waals surface area contributed by atoms with Gasteiger partial charge in [0.05, 0.1) is 0 Å². The van der Waals surface area contributed by atoms with Crippen molar-refractivity contribution in [3.63, 3.8) is 0 Å². The zero-order valence-corrected chi connectivity index (χ0v) is 14.6. The molecule has 0 aromatic rings. The summed E-state index contributed by atoms with van der Waals surface area (Å²) in [6.45, 7) is 8.46. The number of unbranched alkanes of at least 4 members (excludes halogenated alkanes) is 1. The van der Waals surface area contributed by atoms with Crippen molar-refractivity contribution in [1.29, 1.82) is 0 Å². The summed E-state index contributed by atoms with van der Waals surface area (Å²) in [6.07, 6.45) is 4.14. The summed E-state index contributed by atoms with van der Waals surface area (Å²) < 4.78 is 2.90. The summed E-state index contributed by atoms with van der Waals surface area (Å²) in [5.74, 6) is 0. The van der Waals surface area contributed by atoms with E-state index in [0.29, 0.717) is 0 Å². The van der Waals surface area contributed by atoms with Gasteiger partial charge in [-0.1, -0.05) is 0 Å². The number of likely N-dealkylation sites (N-methyl/N-ethyl adjacent to an activating group) is 1. The Morgan fingerprint density at radius 3 is 2.65 bits per heavy atom. The van der Waals surface area contributed by atoms with Crippen molar-refractivity contribution in [2.45, 2.75) is 44.1 Å². The van der Waals surface area contributed by atoms with Crippen molar-refractivity contribution < 1.29 is 0 Å². The van der Waals surface area contributed by atoms with Crippen molar-refractivity contribution in [3.05, 3.63) is 0 Å². The van der Waals surface area contributed by atoms with E-state index in [9.17, 15) is 0 Å². The fourth-order valence-corrected chi connectivity index (χ4v) is 10.2. The standard InChI is InChI=1S/C7H16N2.C6H14N.Ga/c1-4-7(6-8-3)9-5-2;1-4-5-6-7(2)3;/h7-8H,3-6H2,1-2H3;1,4-6H2,2-3H3;/q-1;;+1. The third-order valence-corrected chi connectivity index (χ3v) is 11.4. The molecule has 1 N–H and O–H groups in total. The Labute approximate surface area is 113 Å². The van der Waals surface area contributed by atoms with Crippen LogP contribution in [-0.4, -0.2) is 69.8 Å². The van der Waals surface area contributed by atoms with Crippen LogP contribution in [0, 0.1) is 0 Å². The number of nitrogens with zero attached hydrogens (tertiary/aromatic N) is 2. The Bertz CT molecular complexity index is 199. The van der Waals surface area contributed by atoms with Gasteiger partial charge in [0.15, 0.2) is 0 Å². The molecule has 1 atom stereocenters. The first-order chi connectivity index (χ1) is 8.19. The van der Waals surface area contributed by atoms with Gasteiger partial charge in [-0.15, -0.1) is 0 Å². The molecule has 1 aliphatic heterocycles. The zero-order chi connectivity index (χ0) is 12.7. The second-order valence-corrected chi connectivity index (χ2v) is 11.7. The van der Waals surface area contributed by atoms with Crippen LogP contribution in [0.2, 0.25) is 4.98 Å². The van der Waals surface area contributed by atoms with Crippen LogP contribution < -0.4 is 5.32 Å². The fourth-order valence-electron chi connectivity index (χ4n) is 2.92. The van der Waals surface area contributed by atoms with Gasteiger partial charge < -0.3 is 0 Å². The van der Waals surface area contributed by atoms with Crippen LogP contribution in [0.3, 0.4) is 0 Å². The van der Waals surface area contributed by atoms with Crippen LogP contribution >= 0.6 is 0 Å². The molecule has 0 aromatic carbocycles. The summed E-state index contributed by atoms with van der Waals surface area (Å²) in [4.78, 5) is 3.84. The quantitative estimate of drug-likeness (QED) is 0.568. The predicted octanol–water partition coefficient (Wildman–Crippen LogP) is 1.56. The van der Waals surface area contributed by atoms with E-state index >= 15 is 0 Å². The van der Waals surface area contributed by atoms with Crippen LogP contribution in [0.5, 0.6) is 0 Å². The first kappa shape index (κ1) is 15.6. The van der Waals surface area contributed by atoms with Crippen molar-refractivity contribution in [3.8, 4) is 0 Å². The van der Waals surface area contributed by atoms with E-state index < -0.39 is 16.5 Å². The molecule has 0 amide bonds. The molecule has 0 spiro atoms. The van der Waals surface area contributed by atoms with E-state index in [4.69, 9.17) is 0 Å². The van der Waals surface area contributed by atoms with E-state index in [-0.39, 0.29) is 0 Å². The minimum absolute atomic E-state index is 0.840. The van der Waals surface area contributed by atoms with Gasteiger partial charge in [-0.2, -0.15) is 0 Å². The molecular weight excluding hydrogens is 268 g/mol. The average molecular weight is 298 g/mol. The Hall–Kier alpha value is 0.516. The number of nitrogens with one attached hydrogen (secondary N) is 1. The minimum atomic E-state index is -1.18. The maximum atomic E-state index is 3.68. The van der Waals surface area contributed by atoms with Gasteiger partial charge in [0.1, 0.15) is 0 Å². The van der Waals surface area contributed by atoms with Gasteiger partial charge in [0.25, 0.3) is 0 Å². The molecule has 0 aromatic heterocycles. The second kappa shape index (κ2) is 8.59. The first-order valence-corrected chi connectivity index (χ1v) is 11.8. The van der Waals surface area contributed by atoms with E-state index in [1.807, 2.05) is 0 Å². The molecule has 1 heterocycles. The molecule has 17 heavy (non-hydrogen) atoms. The van der Waals surface area contributed by atoms with E-state index in [1.165, 1.54) is 49.0 Å². The van der Waals surface area contributed by atoms with Crippen molar-refractivity contribution in [2.24, 2.45) is 0 Å².